The number of carbonyl (C=O) groups excluding carboxylic acids is 1. The van der Waals surface area contributed by atoms with Crippen LogP contribution in [0.1, 0.15) is 5.56 Å². The Bertz CT molecular complexity index is 1280. The molecule has 0 saturated heterocycles. The number of nitrogens with zero attached hydrogens (tertiary/aromatic N) is 2. The third kappa shape index (κ3) is 6.28. The lowest BCUT2D eigenvalue weighted by atomic mass is 10.2. The number of hydrogen-bond acceptors (Lipinski definition) is 6. The van der Waals surface area contributed by atoms with Crippen molar-refractivity contribution in [2.75, 3.05) is 25.1 Å². The number of benzene rings is 3. The standard InChI is InChI=1S/C23H21BrClN3O5S/c1-32-20-8-10-21(11-9-20)34(30,31)28(19-6-4-18(25)5-7-19)15-23(29)27-26-14-16-13-17(24)3-12-22(16)33-2/h3-14H,15H2,1-2H3,(H,27,29)/b26-14+. The molecule has 3 aromatic rings. The summed E-state index contributed by atoms with van der Waals surface area (Å²) in [6.45, 7) is -0.511. The zero-order chi connectivity index (χ0) is 24.7. The molecular formula is C23H21BrClN3O5S. The summed E-state index contributed by atoms with van der Waals surface area (Å²) >= 11 is 9.32. The second-order valence-electron chi connectivity index (χ2n) is 6.84. The second kappa shape index (κ2) is 11.4. The lowest BCUT2D eigenvalue weighted by molar-refractivity contribution is -0.119. The number of anilines is 1. The maximum absolute atomic E-state index is 13.4. The number of sulfonamides is 1. The van der Waals surface area contributed by atoms with Gasteiger partial charge in [0.15, 0.2) is 0 Å². The van der Waals surface area contributed by atoms with Crippen molar-refractivity contribution in [1.29, 1.82) is 0 Å². The van der Waals surface area contributed by atoms with Crippen molar-refractivity contribution in [2.45, 2.75) is 4.90 Å². The Hall–Kier alpha value is -3.08. The van der Waals surface area contributed by atoms with Crippen LogP contribution in [0.2, 0.25) is 5.02 Å². The van der Waals surface area contributed by atoms with Gasteiger partial charge in [0.05, 0.1) is 31.0 Å². The number of halogens is 2. The van der Waals surface area contributed by atoms with Crippen molar-refractivity contribution >= 4 is 55.4 Å². The summed E-state index contributed by atoms with van der Waals surface area (Å²) in [5, 5.41) is 4.38. The summed E-state index contributed by atoms with van der Waals surface area (Å²) in [5.41, 5.74) is 3.26. The van der Waals surface area contributed by atoms with Crippen LogP contribution in [0.3, 0.4) is 0 Å². The lowest BCUT2D eigenvalue weighted by Gasteiger charge is -2.23. The summed E-state index contributed by atoms with van der Waals surface area (Å²) in [5.74, 6) is 0.426. The predicted molar refractivity (Wildman–Crippen MR) is 135 cm³/mol. The highest BCUT2D eigenvalue weighted by atomic mass is 79.9. The van der Waals surface area contributed by atoms with Gasteiger partial charge in [-0.25, -0.2) is 13.8 Å². The first kappa shape index (κ1) is 25.5. The van der Waals surface area contributed by atoms with Crippen LogP contribution in [0.5, 0.6) is 11.5 Å². The highest BCUT2D eigenvalue weighted by molar-refractivity contribution is 9.10. The Morgan fingerprint density at radius 2 is 1.74 bits per heavy atom. The largest absolute Gasteiger partial charge is 0.497 e. The molecule has 0 unspecified atom stereocenters. The van der Waals surface area contributed by atoms with Gasteiger partial charge in [-0.15, -0.1) is 0 Å². The Morgan fingerprint density at radius 3 is 2.35 bits per heavy atom. The maximum Gasteiger partial charge on any atom is 0.264 e. The van der Waals surface area contributed by atoms with E-state index in [-0.39, 0.29) is 10.6 Å². The Balaban J connectivity index is 1.85. The van der Waals surface area contributed by atoms with E-state index in [4.69, 9.17) is 21.1 Å². The molecule has 0 bridgehead atoms. The smallest absolute Gasteiger partial charge is 0.264 e. The molecule has 0 spiro atoms. The molecule has 3 aromatic carbocycles. The molecule has 34 heavy (non-hydrogen) atoms. The molecule has 0 aromatic heterocycles. The molecule has 8 nitrogen and oxygen atoms in total. The number of rotatable bonds is 9. The van der Waals surface area contributed by atoms with E-state index in [0.29, 0.717) is 22.1 Å². The van der Waals surface area contributed by atoms with Gasteiger partial charge in [0, 0.05) is 15.1 Å². The minimum atomic E-state index is -4.08. The minimum Gasteiger partial charge on any atom is -0.497 e. The van der Waals surface area contributed by atoms with Crippen LogP contribution in [-0.4, -0.2) is 41.3 Å². The van der Waals surface area contributed by atoms with Crippen LogP contribution >= 0.6 is 27.5 Å². The number of hydrogen-bond donors (Lipinski definition) is 1. The fourth-order valence-corrected chi connectivity index (χ4v) is 4.87. The first-order valence-electron chi connectivity index (χ1n) is 9.82. The van der Waals surface area contributed by atoms with E-state index in [1.54, 1.807) is 24.3 Å². The van der Waals surface area contributed by atoms with E-state index in [2.05, 4.69) is 26.5 Å². The van der Waals surface area contributed by atoms with Gasteiger partial charge in [0.2, 0.25) is 0 Å². The van der Waals surface area contributed by atoms with Crippen LogP contribution in [0.25, 0.3) is 0 Å². The molecule has 0 fully saturated rings. The van der Waals surface area contributed by atoms with Gasteiger partial charge in [0.25, 0.3) is 15.9 Å². The molecular weight excluding hydrogens is 546 g/mol. The van der Waals surface area contributed by atoms with Gasteiger partial charge < -0.3 is 9.47 Å². The highest BCUT2D eigenvalue weighted by Crippen LogP contribution is 2.26. The summed E-state index contributed by atoms with van der Waals surface area (Å²) in [4.78, 5) is 12.7. The van der Waals surface area contributed by atoms with E-state index in [9.17, 15) is 13.2 Å². The number of ether oxygens (including phenoxy) is 2. The van der Waals surface area contributed by atoms with Crippen molar-refractivity contribution in [2.24, 2.45) is 5.10 Å². The van der Waals surface area contributed by atoms with E-state index in [1.165, 1.54) is 56.8 Å². The van der Waals surface area contributed by atoms with Gasteiger partial charge >= 0.3 is 0 Å². The molecule has 0 radical (unpaired) electrons. The van der Waals surface area contributed by atoms with Crippen LogP contribution in [0, 0.1) is 0 Å². The molecule has 0 aliphatic carbocycles. The van der Waals surface area contributed by atoms with Crippen molar-refractivity contribution in [3.05, 3.63) is 81.8 Å². The zero-order valence-electron chi connectivity index (χ0n) is 18.2. The van der Waals surface area contributed by atoms with Gasteiger partial charge in [-0.3, -0.25) is 9.10 Å². The van der Waals surface area contributed by atoms with Gasteiger partial charge in [0.1, 0.15) is 18.0 Å². The molecule has 0 saturated carbocycles. The Kier molecular flexibility index (Phi) is 8.54. The monoisotopic (exact) mass is 565 g/mol. The molecule has 0 aliphatic heterocycles. The second-order valence-corrected chi connectivity index (χ2v) is 10.1. The normalized spacial score (nSPS) is 11.3. The first-order chi connectivity index (χ1) is 16.2. The van der Waals surface area contributed by atoms with E-state index in [0.717, 1.165) is 8.78 Å². The summed E-state index contributed by atoms with van der Waals surface area (Å²) in [7, 11) is -1.08. The third-order valence-electron chi connectivity index (χ3n) is 4.63. The molecule has 0 atom stereocenters. The molecule has 0 aliphatic rings. The van der Waals surface area contributed by atoms with Crippen LogP contribution in [0.4, 0.5) is 5.69 Å². The van der Waals surface area contributed by atoms with Crippen molar-refractivity contribution in [3.63, 3.8) is 0 Å². The van der Waals surface area contributed by atoms with Crippen LogP contribution < -0.4 is 19.2 Å². The topological polar surface area (TPSA) is 97.3 Å². The molecule has 178 valence electrons. The molecule has 1 N–H and O–H groups in total. The van der Waals surface area contributed by atoms with E-state index in [1.807, 2.05) is 6.07 Å². The summed E-state index contributed by atoms with van der Waals surface area (Å²) in [6.07, 6.45) is 1.41. The van der Waals surface area contributed by atoms with Gasteiger partial charge in [-0.2, -0.15) is 5.10 Å². The van der Waals surface area contributed by atoms with Gasteiger partial charge in [-0.1, -0.05) is 27.5 Å². The predicted octanol–water partition coefficient (Wildman–Crippen LogP) is 4.47. The number of methoxy groups -OCH3 is 2. The minimum absolute atomic E-state index is 0.00146. The van der Waals surface area contributed by atoms with Crippen molar-refractivity contribution < 1.29 is 22.7 Å². The number of carbonyl (C=O) groups is 1. The molecule has 3 rings (SSSR count). The molecule has 1 amide bonds. The fraction of sp³-hybridized carbons (Fsp3) is 0.130. The quantitative estimate of drug-likeness (QED) is 0.305. The number of nitrogens with one attached hydrogen (secondary N) is 1. The van der Waals surface area contributed by atoms with Crippen LogP contribution in [0.15, 0.2) is 81.2 Å². The average molecular weight is 567 g/mol. The van der Waals surface area contributed by atoms with E-state index < -0.39 is 22.5 Å². The Labute approximate surface area is 211 Å². The number of amides is 1. The SMILES string of the molecule is COc1ccc(S(=O)(=O)N(CC(=O)N/N=C/c2cc(Br)ccc2OC)c2ccc(Cl)cc2)cc1. The Morgan fingerprint density at radius 1 is 1.06 bits per heavy atom. The van der Waals surface area contributed by atoms with Crippen molar-refractivity contribution in [1.82, 2.24) is 5.43 Å². The third-order valence-corrected chi connectivity index (χ3v) is 7.17. The fourth-order valence-electron chi connectivity index (χ4n) is 2.94. The molecule has 11 heteroatoms. The van der Waals surface area contributed by atoms with Gasteiger partial charge in [-0.05, 0) is 66.7 Å². The summed E-state index contributed by atoms with van der Waals surface area (Å²) in [6, 6.07) is 17.3. The lowest BCUT2D eigenvalue weighted by Crippen LogP contribution is -2.39. The summed E-state index contributed by atoms with van der Waals surface area (Å²) < 4.78 is 38.9. The van der Waals surface area contributed by atoms with Crippen molar-refractivity contribution in [3.8, 4) is 11.5 Å². The van der Waals surface area contributed by atoms with E-state index >= 15 is 0 Å². The highest BCUT2D eigenvalue weighted by Gasteiger charge is 2.27. The number of hydrazone groups is 1. The average Bonchev–Trinajstić information content (AvgIpc) is 2.83. The molecule has 0 heterocycles. The zero-order valence-corrected chi connectivity index (χ0v) is 21.4. The maximum atomic E-state index is 13.4. The van der Waals surface area contributed by atoms with Crippen LogP contribution in [-0.2, 0) is 14.8 Å². The first-order valence-corrected chi connectivity index (χ1v) is 12.4.